The van der Waals surface area contributed by atoms with Crippen LogP contribution in [0.1, 0.15) is 27.7 Å². The summed E-state index contributed by atoms with van der Waals surface area (Å²) in [6.07, 6.45) is 0. The van der Waals surface area contributed by atoms with E-state index in [0.29, 0.717) is 0 Å². The molecule has 0 fully saturated rings. The molecular formula is C15H28N4O6. The predicted molar refractivity (Wildman–Crippen MR) is 89.2 cm³/mol. The van der Waals surface area contributed by atoms with E-state index in [4.69, 9.17) is 15.9 Å². The molecule has 0 bridgehead atoms. The van der Waals surface area contributed by atoms with Crippen LogP contribution < -0.4 is 21.7 Å². The van der Waals surface area contributed by atoms with E-state index in [0.717, 1.165) is 0 Å². The number of aliphatic hydroxyl groups is 1. The SMILES string of the molecule is CC(C)C(NC(=O)C(N)CO)C(=O)NC(C(=O)NCC(=O)O)C(C)C. The van der Waals surface area contributed by atoms with Gasteiger partial charge in [-0.15, -0.1) is 0 Å². The van der Waals surface area contributed by atoms with Crippen LogP contribution in [-0.2, 0) is 19.2 Å². The Morgan fingerprint density at radius 2 is 1.32 bits per heavy atom. The first kappa shape index (κ1) is 22.8. The summed E-state index contributed by atoms with van der Waals surface area (Å²) in [7, 11) is 0. The molecule has 0 saturated heterocycles. The largest absolute Gasteiger partial charge is 0.480 e. The quantitative estimate of drug-likeness (QED) is 0.256. The summed E-state index contributed by atoms with van der Waals surface area (Å²) >= 11 is 0. The van der Waals surface area contributed by atoms with Gasteiger partial charge >= 0.3 is 5.97 Å². The highest BCUT2D eigenvalue weighted by Gasteiger charge is 2.31. The van der Waals surface area contributed by atoms with Crippen molar-refractivity contribution in [2.45, 2.75) is 45.8 Å². The average Bonchev–Trinajstić information content (AvgIpc) is 2.53. The van der Waals surface area contributed by atoms with Crippen molar-refractivity contribution in [1.82, 2.24) is 16.0 Å². The van der Waals surface area contributed by atoms with E-state index >= 15 is 0 Å². The highest BCUT2D eigenvalue weighted by molar-refractivity contribution is 5.93. The molecule has 0 aliphatic heterocycles. The van der Waals surface area contributed by atoms with Crippen molar-refractivity contribution in [2.75, 3.05) is 13.2 Å². The van der Waals surface area contributed by atoms with Crippen molar-refractivity contribution in [2.24, 2.45) is 17.6 Å². The molecule has 0 aromatic carbocycles. The molecule has 0 aromatic rings. The van der Waals surface area contributed by atoms with Gasteiger partial charge in [-0.2, -0.15) is 0 Å². The molecule has 0 aliphatic rings. The van der Waals surface area contributed by atoms with Crippen molar-refractivity contribution in [3.63, 3.8) is 0 Å². The minimum Gasteiger partial charge on any atom is -0.480 e. The van der Waals surface area contributed by atoms with Crippen LogP contribution in [0.4, 0.5) is 0 Å². The Bertz CT molecular complexity index is 494. The number of amides is 3. The van der Waals surface area contributed by atoms with Gasteiger partial charge < -0.3 is 31.9 Å². The minimum atomic E-state index is -1.20. The number of aliphatic carboxylic acids is 1. The number of hydrogen-bond acceptors (Lipinski definition) is 6. The third kappa shape index (κ3) is 7.94. The first-order chi connectivity index (χ1) is 11.5. The van der Waals surface area contributed by atoms with Crippen LogP contribution >= 0.6 is 0 Å². The molecule has 0 aliphatic carbocycles. The summed E-state index contributed by atoms with van der Waals surface area (Å²) in [5.41, 5.74) is 5.42. The standard InChI is InChI=1S/C15H28N4O6/c1-7(2)11(14(24)17-5-10(21)22)19-15(25)12(8(3)4)18-13(23)9(16)6-20/h7-9,11-12,20H,5-6,16H2,1-4H3,(H,17,24)(H,18,23)(H,19,25)(H,21,22). The number of carbonyl (C=O) groups excluding carboxylic acids is 3. The second-order valence-corrected chi connectivity index (χ2v) is 6.36. The summed E-state index contributed by atoms with van der Waals surface area (Å²) in [5, 5.41) is 24.7. The van der Waals surface area contributed by atoms with Gasteiger partial charge in [-0.3, -0.25) is 19.2 Å². The first-order valence-electron chi connectivity index (χ1n) is 7.97. The van der Waals surface area contributed by atoms with E-state index in [1.165, 1.54) is 0 Å². The lowest BCUT2D eigenvalue weighted by atomic mass is 9.99. The molecule has 3 amide bonds. The number of nitrogens with one attached hydrogen (secondary N) is 3. The molecule has 0 saturated carbocycles. The average molecular weight is 360 g/mol. The van der Waals surface area contributed by atoms with Gasteiger partial charge in [0.1, 0.15) is 24.7 Å². The van der Waals surface area contributed by atoms with Crippen LogP contribution in [-0.4, -0.2) is 65.2 Å². The Hall–Kier alpha value is -2.20. The second kappa shape index (κ2) is 10.6. The van der Waals surface area contributed by atoms with Crippen molar-refractivity contribution in [1.29, 1.82) is 0 Å². The number of nitrogens with two attached hydrogens (primary N) is 1. The number of carboxylic acids is 1. The third-order valence-electron chi connectivity index (χ3n) is 3.44. The van der Waals surface area contributed by atoms with Gasteiger partial charge in [-0.25, -0.2) is 0 Å². The Kier molecular flexibility index (Phi) is 9.69. The van der Waals surface area contributed by atoms with E-state index in [1.807, 2.05) is 0 Å². The summed E-state index contributed by atoms with van der Waals surface area (Å²) in [6, 6.07) is -3.08. The Balaban J connectivity index is 5.06. The highest BCUT2D eigenvalue weighted by Crippen LogP contribution is 2.07. The lowest BCUT2D eigenvalue weighted by molar-refractivity contribution is -0.139. The van der Waals surface area contributed by atoms with Gasteiger partial charge in [0, 0.05) is 0 Å². The molecular weight excluding hydrogens is 332 g/mol. The smallest absolute Gasteiger partial charge is 0.322 e. The van der Waals surface area contributed by atoms with Gasteiger partial charge in [-0.1, -0.05) is 27.7 Å². The Labute approximate surface area is 146 Å². The maximum Gasteiger partial charge on any atom is 0.322 e. The fourth-order valence-electron chi connectivity index (χ4n) is 1.93. The molecule has 0 heterocycles. The van der Waals surface area contributed by atoms with Gasteiger partial charge in [0.2, 0.25) is 17.7 Å². The van der Waals surface area contributed by atoms with Crippen LogP contribution in [0, 0.1) is 11.8 Å². The number of hydrogen-bond donors (Lipinski definition) is 6. The molecule has 0 rings (SSSR count). The van der Waals surface area contributed by atoms with Crippen LogP contribution in [0.25, 0.3) is 0 Å². The Morgan fingerprint density at radius 3 is 1.72 bits per heavy atom. The summed E-state index contributed by atoms with van der Waals surface area (Å²) < 4.78 is 0. The zero-order valence-electron chi connectivity index (χ0n) is 14.9. The van der Waals surface area contributed by atoms with Gasteiger partial charge in [-0.05, 0) is 11.8 Å². The van der Waals surface area contributed by atoms with Crippen molar-refractivity contribution < 1.29 is 29.4 Å². The monoisotopic (exact) mass is 360 g/mol. The highest BCUT2D eigenvalue weighted by atomic mass is 16.4. The van der Waals surface area contributed by atoms with Crippen LogP contribution in [0.15, 0.2) is 0 Å². The number of aliphatic hydroxyl groups excluding tert-OH is 1. The van der Waals surface area contributed by atoms with Gasteiger partial charge in [0.25, 0.3) is 0 Å². The first-order valence-corrected chi connectivity index (χ1v) is 7.97. The zero-order valence-corrected chi connectivity index (χ0v) is 14.9. The van der Waals surface area contributed by atoms with Crippen molar-refractivity contribution in [3.8, 4) is 0 Å². The van der Waals surface area contributed by atoms with Gasteiger partial charge in [0.05, 0.1) is 6.61 Å². The number of rotatable bonds is 10. The van der Waals surface area contributed by atoms with Crippen LogP contribution in [0.3, 0.4) is 0 Å². The van der Waals surface area contributed by atoms with Gasteiger partial charge in [0.15, 0.2) is 0 Å². The molecule has 7 N–H and O–H groups in total. The van der Waals surface area contributed by atoms with E-state index in [-0.39, 0.29) is 11.8 Å². The molecule has 0 aromatic heterocycles. The van der Waals surface area contributed by atoms with E-state index in [2.05, 4.69) is 16.0 Å². The van der Waals surface area contributed by atoms with Crippen molar-refractivity contribution in [3.05, 3.63) is 0 Å². The predicted octanol–water partition coefficient (Wildman–Crippen LogP) is -2.21. The molecule has 25 heavy (non-hydrogen) atoms. The van der Waals surface area contributed by atoms with Crippen LogP contribution in [0.5, 0.6) is 0 Å². The normalized spacial score (nSPS) is 14.6. The number of carboxylic acid groups (broad SMARTS) is 1. The van der Waals surface area contributed by atoms with E-state index in [1.54, 1.807) is 27.7 Å². The zero-order chi connectivity index (χ0) is 19.7. The molecule has 0 spiro atoms. The second-order valence-electron chi connectivity index (χ2n) is 6.36. The van der Waals surface area contributed by atoms with Crippen molar-refractivity contribution >= 4 is 23.7 Å². The lowest BCUT2D eigenvalue weighted by Crippen LogP contribution is -2.59. The molecule has 3 unspecified atom stereocenters. The molecule has 3 atom stereocenters. The Morgan fingerprint density at radius 1 is 0.880 bits per heavy atom. The molecule has 10 heteroatoms. The summed E-state index contributed by atoms with van der Waals surface area (Å²) in [4.78, 5) is 46.9. The molecule has 10 nitrogen and oxygen atoms in total. The maximum atomic E-state index is 12.5. The fourth-order valence-corrected chi connectivity index (χ4v) is 1.93. The topological polar surface area (TPSA) is 171 Å². The summed E-state index contributed by atoms with van der Waals surface area (Å²) in [5.74, 6) is -3.73. The maximum absolute atomic E-state index is 12.5. The van der Waals surface area contributed by atoms with Crippen LogP contribution in [0.2, 0.25) is 0 Å². The lowest BCUT2D eigenvalue weighted by Gasteiger charge is -2.27. The van der Waals surface area contributed by atoms with E-state index in [9.17, 15) is 19.2 Å². The summed E-state index contributed by atoms with van der Waals surface area (Å²) in [6.45, 7) is 5.65. The van der Waals surface area contributed by atoms with E-state index < -0.39 is 55.0 Å². The number of carbonyl (C=O) groups is 4. The minimum absolute atomic E-state index is 0.301. The molecule has 144 valence electrons. The molecule has 0 radical (unpaired) electrons. The third-order valence-corrected chi connectivity index (χ3v) is 3.44. The fraction of sp³-hybridized carbons (Fsp3) is 0.733.